The fourth-order valence-corrected chi connectivity index (χ4v) is 7.35. The van der Waals surface area contributed by atoms with Gasteiger partial charge in [0.2, 0.25) is 12.1 Å². The van der Waals surface area contributed by atoms with Crippen LogP contribution >= 0.6 is 58.0 Å². The molecule has 0 spiro atoms. The van der Waals surface area contributed by atoms with E-state index in [-0.39, 0.29) is 61.6 Å². The van der Waals surface area contributed by atoms with Gasteiger partial charge in [-0.15, -0.1) is 34.8 Å². The first kappa shape index (κ1) is 52.5. The molecule has 0 saturated heterocycles. The second-order valence-corrected chi connectivity index (χ2v) is 16.0. The van der Waals surface area contributed by atoms with Crippen molar-refractivity contribution in [3.63, 3.8) is 0 Å². The van der Waals surface area contributed by atoms with Gasteiger partial charge in [0, 0.05) is 50.9 Å². The Balaban J connectivity index is 1.27. The Bertz CT molecular complexity index is 2790. The quantitative estimate of drug-likeness (QED) is 0.0314. The number of nitrogens with zero attached hydrogens (tertiary/aromatic N) is 4. The van der Waals surface area contributed by atoms with Gasteiger partial charge in [0.1, 0.15) is 22.9 Å². The largest absolute Gasteiger partial charge is 0.493 e. The summed E-state index contributed by atoms with van der Waals surface area (Å²) in [6, 6.07) is 19.7. The molecular weight excluding hydrogens is 982 g/mol. The van der Waals surface area contributed by atoms with Crippen molar-refractivity contribution in [2.45, 2.75) is 57.4 Å². The highest BCUT2D eigenvalue weighted by molar-refractivity contribution is 6.33. The first-order valence-corrected chi connectivity index (χ1v) is 22.9. The van der Waals surface area contributed by atoms with Crippen LogP contribution in [0.3, 0.4) is 0 Å². The zero-order valence-electron chi connectivity index (χ0n) is 36.8. The molecule has 0 fully saturated rings. The summed E-state index contributed by atoms with van der Waals surface area (Å²) < 4.78 is 11.2. The molecule has 354 valence electrons. The van der Waals surface area contributed by atoms with Crippen molar-refractivity contribution in [1.82, 2.24) is 0 Å². The number of hydrogen-bond donors (Lipinski definition) is 4. The summed E-state index contributed by atoms with van der Waals surface area (Å²) >= 11 is 31.3. The van der Waals surface area contributed by atoms with Crippen molar-refractivity contribution in [1.29, 1.82) is 0 Å². The van der Waals surface area contributed by atoms with E-state index in [0.717, 1.165) is 13.8 Å². The standard InChI is InChI=1S/C47H43Cl5N8O8/c1-5-67-40-11-7-9-36(31(40)23-49)55-44(63)27-13-16-33(51)38(20-27)57-59-42(25(3)61)46(65)53-30-15-18-35(29(19-30)22-48)54-47(66)43(26(4)62)60-58-39-21-28(14-17-34(39)52)45(64)56-37-10-8-12-41(68-6-2)32(37)24-50/h7-21,42-43H,5-6,22-24H2,1-4H3,(H,53,65)(H,54,66)(H,55,63)(H,56,64). The minimum Gasteiger partial charge on any atom is -0.493 e. The van der Waals surface area contributed by atoms with Gasteiger partial charge in [-0.25, -0.2) is 0 Å². The average molecular weight is 1030 g/mol. The van der Waals surface area contributed by atoms with E-state index in [0.29, 0.717) is 52.8 Å². The molecule has 0 aliphatic heterocycles. The Morgan fingerprint density at radius 1 is 0.544 bits per heavy atom. The van der Waals surface area contributed by atoms with Crippen LogP contribution < -0.4 is 30.7 Å². The van der Waals surface area contributed by atoms with Gasteiger partial charge in [0.15, 0.2) is 11.6 Å². The predicted octanol–water partition coefficient (Wildman–Crippen LogP) is 11.9. The molecule has 68 heavy (non-hydrogen) atoms. The molecule has 4 N–H and O–H groups in total. The zero-order chi connectivity index (χ0) is 49.5. The highest BCUT2D eigenvalue weighted by Gasteiger charge is 2.26. The van der Waals surface area contributed by atoms with E-state index in [9.17, 15) is 28.8 Å². The lowest BCUT2D eigenvalue weighted by Crippen LogP contribution is -2.32. The fraction of sp³-hybridized carbons (Fsp3) is 0.234. The summed E-state index contributed by atoms with van der Waals surface area (Å²) in [5.74, 6) is -3.06. The van der Waals surface area contributed by atoms with Gasteiger partial charge < -0.3 is 30.7 Å². The van der Waals surface area contributed by atoms with Crippen LogP contribution in [0.1, 0.15) is 65.1 Å². The lowest BCUT2D eigenvalue weighted by atomic mass is 10.1. The predicted molar refractivity (Wildman–Crippen MR) is 264 cm³/mol. The van der Waals surface area contributed by atoms with Crippen LogP contribution in [0.5, 0.6) is 11.5 Å². The Morgan fingerprint density at radius 2 is 1.00 bits per heavy atom. The Hall–Kier alpha value is -6.43. The number of Topliss-reactive ketones (excluding diaryl/α,β-unsaturated/α-hetero) is 2. The molecule has 0 aliphatic rings. The van der Waals surface area contributed by atoms with E-state index < -0.39 is 47.3 Å². The Morgan fingerprint density at radius 3 is 1.41 bits per heavy atom. The third kappa shape index (κ3) is 13.6. The summed E-state index contributed by atoms with van der Waals surface area (Å²) in [4.78, 5) is 78.8. The summed E-state index contributed by atoms with van der Waals surface area (Å²) in [6.45, 7) is 6.75. The number of nitrogens with one attached hydrogen (secondary N) is 4. The van der Waals surface area contributed by atoms with Crippen LogP contribution in [-0.4, -0.2) is 60.5 Å². The molecule has 2 atom stereocenters. The Labute approximate surface area is 416 Å². The van der Waals surface area contributed by atoms with Crippen molar-refractivity contribution in [3.8, 4) is 11.5 Å². The average Bonchev–Trinajstić information content (AvgIpc) is 3.30. The van der Waals surface area contributed by atoms with Gasteiger partial charge in [-0.3, -0.25) is 28.8 Å². The van der Waals surface area contributed by atoms with Crippen LogP contribution in [0.15, 0.2) is 111 Å². The van der Waals surface area contributed by atoms with E-state index >= 15 is 0 Å². The molecule has 0 radical (unpaired) electrons. The van der Waals surface area contributed by atoms with E-state index in [1.807, 2.05) is 13.8 Å². The van der Waals surface area contributed by atoms with Crippen LogP contribution in [-0.2, 0) is 36.8 Å². The van der Waals surface area contributed by atoms with Crippen molar-refractivity contribution in [3.05, 3.63) is 129 Å². The first-order valence-electron chi connectivity index (χ1n) is 20.6. The normalized spacial score (nSPS) is 12.0. The lowest BCUT2D eigenvalue weighted by molar-refractivity contribution is -0.127. The Kier molecular flexibility index (Phi) is 19.4. The minimum atomic E-state index is -1.65. The number of amides is 4. The minimum absolute atomic E-state index is 0.00490. The zero-order valence-corrected chi connectivity index (χ0v) is 40.6. The van der Waals surface area contributed by atoms with Crippen molar-refractivity contribution in [2.75, 3.05) is 34.5 Å². The number of alkyl halides is 3. The number of azo groups is 2. The maximum atomic E-state index is 13.5. The molecule has 4 amide bonds. The van der Waals surface area contributed by atoms with Gasteiger partial charge in [-0.05, 0) is 112 Å². The SMILES string of the molecule is CCOc1cccc(NC(=O)c2ccc(Cl)c(N=NC(C(C)=O)C(=O)Nc3ccc(NC(=O)C(N=Nc4cc(C(=O)Nc5cccc(OCC)c5CCl)ccc4Cl)C(C)=O)c(CCl)c3)c2)c1CCl. The molecule has 5 aromatic rings. The highest BCUT2D eigenvalue weighted by Crippen LogP contribution is 2.33. The maximum Gasteiger partial charge on any atom is 0.258 e. The number of halogens is 5. The molecule has 0 saturated carbocycles. The van der Waals surface area contributed by atoms with E-state index in [4.69, 9.17) is 67.5 Å². The van der Waals surface area contributed by atoms with Crippen molar-refractivity contribution in [2.24, 2.45) is 20.5 Å². The van der Waals surface area contributed by atoms with Gasteiger partial charge in [-0.1, -0.05) is 35.3 Å². The molecule has 2 unspecified atom stereocenters. The van der Waals surface area contributed by atoms with Gasteiger partial charge in [0.25, 0.3) is 23.6 Å². The van der Waals surface area contributed by atoms with Crippen LogP contribution in [0, 0.1) is 0 Å². The number of benzene rings is 5. The second-order valence-electron chi connectivity index (χ2n) is 14.4. The number of carbonyl (C=O) groups excluding carboxylic acids is 6. The van der Waals surface area contributed by atoms with E-state index in [2.05, 4.69) is 41.7 Å². The highest BCUT2D eigenvalue weighted by atomic mass is 35.5. The number of carbonyl (C=O) groups is 6. The van der Waals surface area contributed by atoms with Crippen LogP contribution in [0.2, 0.25) is 10.0 Å². The first-order chi connectivity index (χ1) is 32.6. The molecule has 0 aromatic heterocycles. The van der Waals surface area contributed by atoms with Gasteiger partial charge >= 0.3 is 0 Å². The third-order valence-corrected chi connectivity index (χ3v) is 11.1. The van der Waals surface area contributed by atoms with E-state index in [1.165, 1.54) is 54.6 Å². The molecule has 0 aliphatic carbocycles. The van der Waals surface area contributed by atoms with Gasteiger partial charge in [-0.2, -0.15) is 20.5 Å². The molecular formula is C47H43Cl5N8O8. The number of ketones is 2. The van der Waals surface area contributed by atoms with Crippen LogP contribution in [0.25, 0.3) is 0 Å². The molecule has 0 heterocycles. The second kappa shape index (κ2) is 25.1. The van der Waals surface area contributed by atoms with E-state index in [1.54, 1.807) is 36.4 Å². The fourth-order valence-electron chi connectivity index (χ4n) is 6.26. The smallest absolute Gasteiger partial charge is 0.258 e. The molecule has 0 bridgehead atoms. The molecule has 21 heteroatoms. The lowest BCUT2D eigenvalue weighted by Gasteiger charge is -2.15. The summed E-state index contributed by atoms with van der Waals surface area (Å²) in [6.07, 6.45) is 0. The number of anilines is 4. The third-order valence-electron chi connectivity index (χ3n) is 9.65. The molecule has 5 rings (SSSR count). The molecule has 16 nitrogen and oxygen atoms in total. The van der Waals surface area contributed by atoms with Crippen LogP contribution in [0.4, 0.5) is 34.1 Å². The van der Waals surface area contributed by atoms with Gasteiger partial charge in [0.05, 0.1) is 35.0 Å². The van der Waals surface area contributed by atoms with Crippen molar-refractivity contribution >= 4 is 127 Å². The summed E-state index contributed by atoms with van der Waals surface area (Å²) in [5, 5.41) is 27.0. The monoisotopic (exact) mass is 1020 g/mol. The van der Waals surface area contributed by atoms with Crippen molar-refractivity contribution < 1.29 is 38.2 Å². The topological polar surface area (TPSA) is 218 Å². The molecule has 5 aromatic carbocycles. The number of ether oxygens (including phenoxy) is 2. The summed E-state index contributed by atoms with van der Waals surface area (Å²) in [5.41, 5.74) is 3.02. The number of hydrogen-bond acceptors (Lipinski definition) is 12. The summed E-state index contributed by atoms with van der Waals surface area (Å²) in [7, 11) is 0. The maximum absolute atomic E-state index is 13.5. The number of rotatable bonds is 21.